The van der Waals surface area contributed by atoms with Gasteiger partial charge in [-0.25, -0.2) is 4.68 Å². The maximum atomic E-state index is 6.04. The highest BCUT2D eigenvalue weighted by molar-refractivity contribution is 5.72. The van der Waals surface area contributed by atoms with E-state index in [-0.39, 0.29) is 5.41 Å². The van der Waals surface area contributed by atoms with E-state index in [9.17, 15) is 0 Å². The van der Waals surface area contributed by atoms with Crippen molar-refractivity contribution >= 4 is 5.69 Å². The minimum Gasteiger partial charge on any atom is -0.398 e. The number of hydrogen-bond acceptors (Lipinski definition) is 4. The van der Waals surface area contributed by atoms with Crippen molar-refractivity contribution in [2.75, 3.05) is 5.73 Å². The van der Waals surface area contributed by atoms with Crippen LogP contribution < -0.4 is 5.73 Å². The number of tetrazole rings is 1. The average molecular weight is 259 g/mol. The van der Waals surface area contributed by atoms with Crippen LogP contribution in [-0.2, 0) is 6.54 Å². The van der Waals surface area contributed by atoms with Gasteiger partial charge in [-0.3, -0.25) is 0 Å². The van der Waals surface area contributed by atoms with Crippen molar-refractivity contribution in [2.24, 2.45) is 5.41 Å². The molecule has 5 heteroatoms. The lowest BCUT2D eigenvalue weighted by Gasteiger charge is -2.22. The Morgan fingerprint density at radius 2 is 2.05 bits per heavy atom. The molecule has 0 atom stereocenters. The number of nitrogens with two attached hydrogens (primary N) is 1. The third-order valence-electron chi connectivity index (χ3n) is 3.52. The molecule has 0 saturated carbocycles. The van der Waals surface area contributed by atoms with Gasteiger partial charge in [-0.1, -0.05) is 32.4 Å². The molecule has 102 valence electrons. The molecule has 1 aromatic carbocycles. The Hall–Kier alpha value is -1.91. The van der Waals surface area contributed by atoms with Crippen molar-refractivity contribution < 1.29 is 0 Å². The molecule has 0 unspecified atom stereocenters. The summed E-state index contributed by atoms with van der Waals surface area (Å²) in [6.45, 7) is 9.40. The Balaban J connectivity index is 2.42. The third-order valence-corrected chi connectivity index (χ3v) is 3.52. The molecule has 1 heterocycles. The standard InChI is InChI=1S/C14H21N5/c1-5-14(3,4)9-19-13(16-17-18-19)11-8-10(2)6-7-12(11)15/h6-8H,5,9,15H2,1-4H3. The fraction of sp³-hybridized carbons (Fsp3) is 0.500. The minimum absolute atomic E-state index is 0.155. The SMILES string of the molecule is CCC(C)(C)Cn1nnnc1-c1cc(C)ccc1N. The second-order valence-electron chi connectivity index (χ2n) is 5.77. The summed E-state index contributed by atoms with van der Waals surface area (Å²) in [5.74, 6) is 0.739. The molecule has 0 radical (unpaired) electrons. The summed E-state index contributed by atoms with van der Waals surface area (Å²) in [4.78, 5) is 0. The summed E-state index contributed by atoms with van der Waals surface area (Å²) in [5, 5.41) is 12.0. The van der Waals surface area contributed by atoms with E-state index in [0.717, 1.165) is 29.9 Å². The first-order valence-electron chi connectivity index (χ1n) is 6.55. The highest BCUT2D eigenvalue weighted by atomic mass is 15.5. The molecule has 0 bridgehead atoms. The van der Waals surface area contributed by atoms with Crippen LogP contribution in [0.3, 0.4) is 0 Å². The number of aromatic nitrogens is 4. The number of nitrogen functional groups attached to an aromatic ring is 1. The van der Waals surface area contributed by atoms with Crippen LogP contribution in [0.25, 0.3) is 11.4 Å². The Kier molecular flexibility index (Phi) is 3.55. The van der Waals surface area contributed by atoms with Crippen LogP contribution in [0.2, 0.25) is 0 Å². The van der Waals surface area contributed by atoms with Crippen molar-refractivity contribution in [1.29, 1.82) is 0 Å². The van der Waals surface area contributed by atoms with Gasteiger partial charge in [0.2, 0.25) is 0 Å². The van der Waals surface area contributed by atoms with Gasteiger partial charge in [-0.15, -0.1) is 5.10 Å². The quantitative estimate of drug-likeness (QED) is 0.857. The lowest BCUT2D eigenvalue weighted by molar-refractivity contribution is 0.279. The Bertz CT molecular complexity index is 571. The number of hydrogen-bond donors (Lipinski definition) is 1. The monoisotopic (exact) mass is 259 g/mol. The molecule has 0 aliphatic rings. The molecule has 0 spiro atoms. The fourth-order valence-electron chi connectivity index (χ4n) is 1.89. The fourth-order valence-corrected chi connectivity index (χ4v) is 1.89. The van der Waals surface area contributed by atoms with Gasteiger partial charge in [0.25, 0.3) is 0 Å². The molecule has 0 fully saturated rings. The first-order valence-corrected chi connectivity index (χ1v) is 6.55. The van der Waals surface area contributed by atoms with E-state index in [2.05, 4.69) is 36.3 Å². The second kappa shape index (κ2) is 4.99. The van der Waals surface area contributed by atoms with E-state index in [1.165, 1.54) is 0 Å². The van der Waals surface area contributed by atoms with Crippen LogP contribution in [0.1, 0.15) is 32.8 Å². The van der Waals surface area contributed by atoms with Gasteiger partial charge in [0.15, 0.2) is 5.82 Å². The largest absolute Gasteiger partial charge is 0.398 e. The Labute approximate surface area is 113 Å². The average Bonchev–Trinajstić information content (AvgIpc) is 2.79. The van der Waals surface area contributed by atoms with E-state index in [1.54, 1.807) is 0 Å². The molecule has 2 N–H and O–H groups in total. The third kappa shape index (κ3) is 2.92. The van der Waals surface area contributed by atoms with E-state index in [1.807, 2.05) is 29.8 Å². The Morgan fingerprint density at radius 3 is 2.74 bits per heavy atom. The molecular formula is C14H21N5. The number of anilines is 1. The van der Waals surface area contributed by atoms with E-state index >= 15 is 0 Å². The maximum absolute atomic E-state index is 6.04. The molecule has 0 amide bonds. The smallest absolute Gasteiger partial charge is 0.184 e. The highest BCUT2D eigenvalue weighted by Gasteiger charge is 2.20. The topological polar surface area (TPSA) is 69.6 Å². The first-order chi connectivity index (χ1) is 8.93. The summed E-state index contributed by atoms with van der Waals surface area (Å²) < 4.78 is 1.84. The molecular weight excluding hydrogens is 238 g/mol. The zero-order valence-electron chi connectivity index (χ0n) is 12.0. The van der Waals surface area contributed by atoms with Crippen LogP contribution in [0.5, 0.6) is 0 Å². The minimum atomic E-state index is 0.155. The van der Waals surface area contributed by atoms with Crippen LogP contribution in [0.4, 0.5) is 5.69 Å². The zero-order chi connectivity index (χ0) is 14.0. The van der Waals surface area contributed by atoms with Gasteiger partial charge >= 0.3 is 0 Å². The highest BCUT2D eigenvalue weighted by Crippen LogP contribution is 2.28. The van der Waals surface area contributed by atoms with Gasteiger partial charge in [-0.2, -0.15) is 0 Å². The van der Waals surface area contributed by atoms with E-state index in [0.29, 0.717) is 5.69 Å². The molecule has 0 aliphatic carbocycles. The zero-order valence-corrected chi connectivity index (χ0v) is 12.0. The summed E-state index contributed by atoms with van der Waals surface area (Å²) in [6.07, 6.45) is 1.07. The van der Waals surface area contributed by atoms with Crippen molar-refractivity contribution in [3.05, 3.63) is 23.8 Å². The molecule has 2 rings (SSSR count). The van der Waals surface area contributed by atoms with Gasteiger partial charge in [0.1, 0.15) is 0 Å². The predicted molar refractivity (Wildman–Crippen MR) is 76.5 cm³/mol. The summed E-state index contributed by atoms with van der Waals surface area (Å²) in [6, 6.07) is 5.91. The number of nitrogens with zero attached hydrogens (tertiary/aromatic N) is 4. The molecule has 5 nitrogen and oxygen atoms in total. The van der Waals surface area contributed by atoms with Crippen LogP contribution in [0, 0.1) is 12.3 Å². The molecule has 1 aromatic heterocycles. The van der Waals surface area contributed by atoms with Crippen molar-refractivity contribution in [3.63, 3.8) is 0 Å². The molecule has 2 aromatic rings. The normalized spacial score (nSPS) is 11.8. The van der Waals surface area contributed by atoms with Crippen LogP contribution >= 0.6 is 0 Å². The molecule has 19 heavy (non-hydrogen) atoms. The second-order valence-corrected chi connectivity index (χ2v) is 5.77. The van der Waals surface area contributed by atoms with Crippen LogP contribution in [-0.4, -0.2) is 20.2 Å². The summed E-state index contributed by atoms with van der Waals surface area (Å²) in [5.41, 5.74) is 8.94. The first kappa shape index (κ1) is 13.5. The van der Waals surface area contributed by atoms with E-state index in [4.69, 9.17) is 5.73 Å². The number of aryl methyl sites for hydroxylation is 1. The molecule has 0 aliphatic heterocycles. The van der Waals surface area contributed by atoms with Crippen molar-refractivity contribution in [1.82, 2.24) is 20.2 Å². The van der Waals surface area contributed by atoms with Crippen molar-refractivity contribution in [2.45, 2.75) is 40.7 Å². The predicted octanol–water partition coefficient (Wildman–Crippen LogP) is 2.67. The number of rotatable bonds is 4. The number of benzene rings is 1. The lowest BCUT2D eigenvalue weighted by Crippen LogP contribution is -2.20. The molecule has 0 saturated heterocycles. The van der Waals surface area contributed by atoms with Gasteiger partial charge in [0, 0.05) is 11.3 Å². The van der Waals surface area contributed by atoms with E-state index < -0.39 is 0 Å². The van der Waals surface area contributed by atoms with Gasteiger partial charge in [0.05, 0.1) is 6.54 Å². The van der Waals surface area contributed by atoms with Gasteiger partial charge < -0.3 is 5.73 Å². The summed E-state index contributed by atoms with van der Waals surface area (Å²) in [7, 11) is 0. The maximum Gasteiger partial charge on any atom is 0.184 e. The lowest BCUT2D eigenvalue weighted by atomic mass is 9.90. The Morgan fingerprint density at radius 1 is 1.32 bits per heavy atom. The summed E-state index contributed by atoms with van der Waals surface area (Å²) >= 11 is 0. The van der Waals surface area contributed by atoms with Crippen LogP contribution in [0.15, 0.2) is 18.2 Å². The van der Waals surface area contributed by atoms with Gasteiger partial charge in [-0.05, 0) is 41.3 Å². The van der Waals surface area contributed by atoms with Crippen molar-refractivity contribution in [3.8, 4) is 11.4 Å².